The summed E-state index contributed by atoms with van der Waals surface area (Å²) < 4.78 is 19.6. The van der Waals surface area contributed by atoms with Crippen molar-refractivity contribution in [1.82, 2.24) is 4.57 Å². The van der Waals surface area contributed by atoms with E-state index < -0.39 is 12.0 Å². The van der Waals surface area contributed by atoms with Crippen LogP contribution in [0.4, 0.5) is 0 Å². The van der Waals surface area contributed by atoms with Gasteiger partial charge in [0.2, 0.25) is 0 Å². The van der Waals surface area contributed by atoms with E-state index in [1.54, 1.807) is 50.3 Å². The van der Waals surface area contributed by atoms with Crippen LogP contribution in [0.2, 0.25) is 10.0 Å². The monoisotopic (exact) mass is 644 g/mol. The van der Waals surface area contributed by atoms with Crippen LogP contribution in [0.5, 0.6) is 5.75 Å². The number of hydrogen-bond donors (Lipinski definition) is 0. The maximum absolute atomic E-state index is 14.0. The molecule has 7 nitrogen and oxygen atoms in total. The number of rotatable bonds is 8. The molecular formula is C34H26Cl2N2O5S. The fourth-order valence-electron chi connectivity index (χ4n) is 4.95. The van der Waals surface area contributed by atoms with Gasteiger partial charge in [0.15, 0.2) is 4.80 Å². The van der Waals surface area contributed by atoms with Gasteiger partial charge in [-0.1, -0.05) is 77.0 Å². The third kappa shape index (κ3) is 6.01. The van der Waals surface area contributed by atoms with Crippen molar-refractivity contribution in [3.8, 4) is 17.1 Å². The van der Waals surface area contributed by atoms with Gasteiger partial charge in [-0.05, 0) is 73.5 Å². The number of benzene rings is 3. The van der Waals surface area contributed by atoms with Gasteiger partial charge in [0, 0.05) is 5.56 Å². The Kier molecular flexibility index (Phi) is 8.57. The number of carbonyl (C=O) groups is 1. The molecule has 0 saturated carbocycles. The number of hydrogen-bond acceptors (Lipinski definition) is 7. The van der Waals surface area contributed by atoms with E-state index in [0.29, 0.717) is 54.5 Å². The molecule has 0 bridgehead atoms. The molecule has 3 heterocycles. The first-order chi connectivity index (χ1) is 21.3. The predicted molar refractivity (Wildman–Crippen MR) is 172 cm³/mol. The van der Waals surface area contributed by atoms with Gasteiger partial charge in [0.05, 0.1) is 32.5 Å². The first-order valence-corrected chi connectivity index (χ1v) is 15.4. The SMILES string of the molecule is CCOC(=O)C1=C(C)N=c2s/c(=C\c3cccc(OCc4ccccc4)c3)c(=O)n2[C@@H]1c1ccc(-c2ccc(Cl)c(Cl)c2)o1. The Hall–Kier alpha value is -4.37. The van der Waals surface area contributed by atoms with Crippen LogP contribution in [0, 0.1) is 0 Å². The summed E-state index contributed by atoms with van der Waals surface area (Å²) in [6, 6.07) is 25.2. The molecule has 0 spiro atoms. The number of thiazole rings is 1. The van der Waals surface area contributed by atoms with Crippen molar-refractivity contribution in [1.29, 1.82) is 0 Å². The number of aromatic nitrogens is 1. The van der Waals surface area contributed by atoms with Gasteiger partial charge in [0.25, 0.3) is 5.56 Å². The molecular weight excluding hydrogens is 619 g/mol. The Morgan fingerprint density at radius 1 is 1.02 bits per heavy atom. The number of esters is 1. The van der Waals surface area contributed by atoms with E-state index >= 15 is 0 Å². The summed E-state index contributed by atoms with van der Waals surface area (Å²) in [6.07, 6.45) is 1.79. The van der Waals surface area contributed by atoms with Gasteiger partial charge >= 0.3 is 5.97 Å². The van der Waals surface area contributed by atoms with Crippen LogP contribution in [-0.2, 0) is 16.1 Å². The Labute approximate surface area is 266 Å². The predicted octanol–water partition coefficient (Wildman–Crippen LogP) is 6.94. The van der Waals surface area contributed by atoms with E-state index in [1.165, 1.54) is 15.9 Å². The first-order valence-electron chi connectivity index (χ1n) is 13.8. The van der Waals surface area contributed by atoms with Gasteiger partial charge in [-0.2, -0.15) is 0 Å². The van der Waals surface area contributed by atoms with Crippen molar-refractivity contribution in [2.75, 3.05) is 6.61 Å². The van der Waals surface area contributed by atoms with E-state index in [4.69, 9.17) is 37.1 Å². The minimum Gasteiger partial charge on any atom is -0.489 e. The zero-order valence-electron chi connectivity index (χ0n) is 23.8. The number of halogens is 2. The van der Waals surface area contributed by atoms with E-state index in [9.17, 15) is 9.59 Å². The van der Waals surface area contributed by atoms with Crippen LogP contribution in [-0.4, -0.2) is 17.1 Å². The average molecular weight is 646 g/mol. The summed E-state index contributed by atoms with van der Waals surface area (Å²) in [4.78, 5) is 32.3. The Morgan fingerprint density at radius 3 is 2.61 bits per heavy atom. The molecule has 0 saturated heterocycles. The number of furan rings is 1. The van der Waals surface area contributed by atoms with Crippen molar-refractivity contribution >= 4 is 46.6 Å². The molecule has 1 aliphatic rings. The highest BCUT2D eigenvalue weighted by Crippen LogP contribution is 2.35. The number of fused-ring (bicyclic) bond motifs is 1. The molecule has 1 aliphatic heterocycles. The molecule has 3 aromatic carbocycles. The summed E-state index contributed by atoms with van der Waals surface area (Å²) in [5, 5.41) is 0.804. The summed E-state index contributed by atoms with van der Waals surface area (Å²) in [5.74, 6) is 1.00. The maximum atomic E-state index is 14.0. The largest absolute Gasteiger partial charge is 0.489 e. The van der Waals surface area contributed by atoms with Crippen molar-refractivity contribution < 1.29 is 18.7 Å². The molecule has 44 heavy (non-hydrogen) atoms. The molecule has 0 aliphatic carbocycles. The van der Waals surface area contributed by atoms with Gasteiger partial charge < -0.3 is 13.9 Å². The number of allylic oxidation sites excluding steroid dienone is 1. The molecule has 10 heteroatoms. The highest BCUT2D eigenvalue weighted by Gasteiger charge is 2.35. The van der Waals surface area contributed by atoms with Crippen LogP contribution >= 0.6 is 34.5 Å². The third-order valence-electron chi connectivity index (χ3n) is 7.02. The Balaban J connectivity index is 1.41. The van der Waals surface area contributed by atoms with E-state index in [2.05, 4.69) is 4.99 Å². The van der Waals surface area contributed by atoms with Crippen molar-refractivity contribution in [2.24, 2.45) is 4.99 Å². The van der Waals surface area contributed by atoms with E-state index in [1.807, 2.05) is 54.6 Å². The molecule has 0 unspecified atom stereocenters. The number of ether oxygens (including phenoxy) is 2. The lowest BCUT2D eigenvalue weighted by molar-refractivity contribution is -0.139. The molecule has 0 amide bonds. The smallest absolute Gasteiger partial charge is 0.338 e. The van der Waals surface area contributed by atoms with Crippen molar-refractivity contribution in [3.05, 3.63) is 143 Å². The molecule has 0 radical (unpaired) electrons. The minimum atomic E-state index is -0.885. The highest BCUT2D eigenvalue weighted by molar-refractivity contribution is 7.07. The zero-order valence-corrected chi connectivity index (χ0v) is 26.1. The second-order valence-electron chi connectivity index (χ2n) is 9.98. The van der Waals surface area contributed by atoms with Crippen LogP contribution in [0.3, 0.4) is 0 Å². The molecule has 6 rings (SSSR count). The summed E-state index contributed by atoms with van der Waals surface area (Å²) in [7, 11) is 0. The minimum absolute atomic E-state index is 0.169. The summed E-state index contributed by atoms with van der Waals surface area (Å²) in [6.45, 7) is 4.05. The van der Waals surface area contributed by atoms with E-state index in [0.717, 1.165) is 11.1 Å². The van der Waals surface area contributed by atoms with Gasteiger partial charge in [-0.3, -0.25) is 9.36 Å². The van der Waals surface area contributed by atoms with Gasteiger partial charge in [-0.15, -0.1) is 0 Å². The van der Waals surface area contributed by atoms with E-state index in [-0.39, 0.29) is 17.7 Å². The second kappa shape index (κ2) is 12.7. The third-order valence-corrected chi connectivity index (χ3v) is 8.74. The Morgan fingerprint density at radius 2 is 1.84 bits per heavy atom. The number of nitrogens with zero attached hydrogens (tertiary/aromatic N) is 2. The lowest BCUT2D eigenvalue weighted by atomic mass is 10.0. The summed E-state index contributed by atoms with van der Waals surface area (Å²) in [5.41, 5.74) is 2.92. The molecule has 1 atom stereocenters. The number of carbonyl (C=O) groups excluding carboxylic acids is 1. The van der Waals surface area contributed by atoms with Gasteiger partial charge in [0.1, 0.15) is 29.9 Å². The van der Waals surface area contributed by atoms with Crippen LogP contribution in [0.1, 0.15) is 36.8 Å². The highest BCUT2D eigenvalue weighted by atomic mass is 35.5. The van der Waals surface area contributed by atoms with Gasteiger partial charge in [-0.25, -0.2) is 9.79 Å². The maximum Gasteiger partial charge on any atom is 0.338 e. The topological polar surface area (TPSA) is 83.0 Å². The fraction of sp³-hybridized carbons (Fsp3) is 0.147. The fourth-order valence-corrected chi connectivity index (χ4v) is 6.30. The first kappa shape index (κ1) is 29.7. The van der Waals surface area contributed by atoms with Crippen LogP contribution < -0.4 is 19.6 Å². The molecule has 2 aromatic heterocycles. The molecule has 5 aromatic rings. The van der Waals surface area contributed by atoms with Crippen LogP contribution in [0.25, 0.3) is 17.4 Å². The lowest BCUT2D eigenvalue weighted by Crippen LogP contribution is -2.39. The second-order valence-corrected chi connectivity index (χ2v) is 11.8. The Bertz CT molecular complexity index is 2080. The standard InChI is InChI=1S/C34H26Cl2N2O5S/c1-3-41-33(40)30-20(2)37-34-38(31(30)28-15-14-27(43-28)23-12-13-25(35)26(36)18-23)32(39)29(44-34)17-22-10-7-11-24(16-22)42-19-21-8-5-4-6-9-21/h4-18,31H,3,19H2,1-2H3/b29-17-/t31-/m1/s1. The summed E-state index contributed by atoms with van der Waals surface area (Å²) >= 11 is 13.6. The molecule has 0 fully saturated rings. The quantitative estimate of drug-likeness (QED) is 0.171. The molecule has 0 N–H and O–H groups in total. The van der Waals surface area contributed by atoms with Crippen molar-refractivity contribution in [2.45, 2.75) is 26.5 Å². The zero-order chi connectivity index (χ0) is 30.8. The molecule has 222 valence electrons. The average Bonchev–Trinajstić information content (AvgIpc) is 3.62. The van der Waals surface area contributed by atoms with Crippen molar-refractivity contribution in [3.63, 3.8) is 0 Å². The lowest BCUT2D eigenvalue weighted by Gasteiger charge is -2.22. The van der Waals surface area contributed by atoms with Crippen LogP contribution in [0.15, 0.2) is 110 Å². The normalized spacial score (nSPS) is 14.7.